The lowest BCUT2D eigenvalue weighted by Crippen LogP contribution is -2.21. The summed E-state index contributed by atoms with van der Waals surface area (Å²) in [6.07, 6.45) is 4.07. The van der Waals surface area contributed by atoms with Gasteiger partial charge < -0.3 is 19.9 Å². The fraction of sp³-hybridized carbons (Fsp3) is 0.190. The molecule has 26 heavy (non-hydrogen) atoms. The summed E-state index contributed by atoms with van der Waals surface area (Å²) < 4.78 is 7.75. The van der Waals surface area contributed by atoms with E-state index in [-0.39, 0.29) is 0 Å². The largest absolute Gasteiger partial charge is 0.492 e. The molecule has 0 spiro atoms. The summed E-state index contributed by atoms with van der Waals surface area (Å²) in [4.78, 5) is 0. The fourth-order valence-corrected chi connectivity index (χ4v) is 3.07. The maximum Gasteiger partial charge on any atom is 0.175 e. The molecule has 2 aromatic carbocycles. The molecule has 1 heterocycles. The third-order valence-corrected chi connectivity index (χ3v) is 4.45. The van der Waals surface area contributed by atoms with Crippen molar-refractivity contribution in [3.05, 3.63) is 72.1 Å². The van der Waals surface area contributed by atoms with Crippen LogP contribution in [0.1, 0.15) is 18.1 Å². The van der Waals surface area contributed by atoms with Crippen LogP contribution in [0.3, 0.4) is 0 Å². The zero-order chi connectivity index (χ0) is 18.5. The minimum absolute atomic E-state index is 0.522. The highest BCUT2D eigenvalue weighted by Crippen LogP contribution is 2.28. The Bertz CT molecular complexity index is 904. The molecule has 3 rings (SSSR count). The van der Waals surface area contributed by atoms with E-state index in [4.69, 9.17) is 17.0 Å². The minimum Gasteiger partial charge on any atom is -0.492 e. The summed E-state index contributed by atoms with van der Waals surface area (Å²) in [5.74, 6) is 0.782. The number of benzene rings is 2. The quantitative estimate of drug-likeness (QED) is 0.602. The lowest BCUT2D eigenvalue weighted by molar-refractivity contribution is 0.342. The third-order valence-electron chi connectivity index (χ3n) is 4.25. The second-order valence-electron chi connectivity index (χ2n) is 6.00. The lowest BCUT2D eigenvalue weighted by Gasteiger charge is -2.19. The molecule has 0 radical (unpaired) electrons. The van der Waals surface area contributed by atoms with Crippen LogP contribution in [-0.2, 0) is 0 Å². The molecule has 1 aromatic heterocycles. The van der Waals surface area contributed by atoms with Crippen LogP contribution in [0.4, 0.5) is 11.4 Å². The molecule has 0 atom stereocenters. The topological polar surface area (TPSA) is 38.2 Å². The van der Waals surface area contributed by atoms with Gasteiger partial charge in [-0.15, -0.1) is 0 Å². The predicted octanol–water partition coefficient (Wildman–Crippen LogP) is 5.30. The van der Waals surface area contributed by atoms with Gasteiger partial charge in [-0.25, -0.2) is 0 Å². The number of para-hydroxylation sites is 2. The maximum absolute atomic E-state index is 5.65. The van der Waals surface area contributed by atoms with Gasteiger partial charge in [-0.3, -0.25) is 0 Å². The average Bonchev–Trinajstić information content (AvgIpc) is 3.14. The number of thiocarbonyl (C=S) groups is 1. The molecule has 0 bridgehead atoms. The molecule has 5 heteroatoms. The van der Waals surface area contributed by atoms with Crippen LogP contribution in [0.15, 0.2) is 60.9 Å². The van der Waals surface area contributed by atoms with E-state index in [0.717, 1.165) is 22.8 Å². The average molecular weight is 366 g/mol. The first-order valence-corrected chi connectivity index (χ1v) is 9.04. The van der Waals surface area contributed by atoms with Crippen molar-refractivity contribution in [2.45, 2.75) is 20.8 Å². The molecule has 4 nitrogen and oxygen atoms in total. The van der Waals surface area contributed by atoms with Crippen molar-refractivity contribution in [2.75, 3.05) is 17.2 Å². The van der Waals surface area contributed by atoms with Crippen molar-refractivity contribution in [1.82, 2.24) is 4.57 Å². The second-order valence-corrected chi connectivity index (χ2v) is 6.41. The Balaban J connectivity index is 1.86. The molecule has 2 N–H and O–H groups in total. The maximum atomic E-state index is 5.65. The van der Waals surface area contributed by atoms with Crippen LogP contribution in [0.25, 0.3) is 5.69 Å². The van der Waals surface area contributed by atoms with E-state index in [2.05, 4.69) is 41.2 Å². The number of aromatic nitrogens is 1. The standard InChI is InChI=1S/C21H23N3OS/c1-4-25-19-10-6-5-9-17(19)22-21(26)23-18-12-11-15(2)16(3)20(18)24-13-7-8-14-24/h5-14H,4H2,1-3H3,(H2,22,23,26). The monoisotopic (exact) mass is 365 g/mol. The Kier molecular flexibility index (Phi) is 5.58. The van der Waals surface area contributed by atoms with Gasteiger partial charge in [-0.05, 0) is 74.4 Å². The van der Waals surface area contributed by atoms with Gasteiger partial charge in [-0.2, -0.15) is 0 Å². The summed E-state index contributed by atoms with van der Waals surface area (Å²) in [5.41, 5.74) is 5.34. The number of aryl methyl sites for hydroxylation is 1. The summed E-state index contributed by atoms with van der Waals surface area (Å²) in [7, 11) is 0. The molecule has 0 aliphatic heterocycles. The van der Waals surface area contributed by atoms with E-state index in [1.165, 1.54) is 11.1 Å². The number of hydrogen-bond acceptors (Lipinski definition) is 2. The number of rotatable bonds is 5. The Morgan fingerprint density at radius 3 is 2.38 bits per heavy atom. The number of anilines is 2. The number of nitrogens with one attached hydrogen (secondary N) is 2. The van der Waals surface area contributed by atoms with Crippen LogP contribution >= 0.6 is 12.2 Å². The Hall–Kier alpha value is -2.79. The minimum atomic E-state index is 0.522. The summed E-state index contributed by atoms with van der Waals surface area (Å²) in [5, 5.41) is 7.09. The van der Waals surface area contributed by atoms with E-state index in [1.54, 1.807) is 0 Å². The molecule has 0 saturated heterocycles. The zero-order valence-corrected chi connectivity index (χ0v) is 16.1. The van der Waals surface area contributed by atoms with Crippen molar-refractivity contribution in [3.63, 3.8) is 0 Å². The lowest BCUT2D eigenvalue weighted by atomic mass is 10.1. The van der Waals surface area contributed by atoms with Gasteiger partial charge in [0.1, 0.15) is 5.75 Å². The molecule has 0 amide bonds. The Morgan fingerprint density at radius 2 is 1.65 bits per heavy atom. The van der Waals surface area contributed by atoms with Crippen LogP contribution in [-0.4, -0.2) is 16.3 Å². The van der Waals surface area contributed by atoms with E-state index in [0.29, 0.717) is 11.7 Å². The molecule has 0 fully saturated rings. The van der Waals surface area contributed by atoms with E-state index < -0.39 is 0 Å². The van der Waals surface area contributed by atoms with Crippen molar-refractivity contribution >= 4 is 28.7 Å². The SMILES string of the molecule is CCOc1ccccc1NC(=S)Nc1ccc(C)c(C)c1-n1cccc1. The molecule has 0 unspecified atom stereocenters. The van der Waals surface area contributed by atoms with Gasteiger partial charge in [0.15, 0.2) is 5.11 Å². The molecule has 134 valence electrons. The van der Waals surface area contributed by atoms with E-state index >= 15 is 0 Å². The Morgan fingerprint density at radius 1 is 0.962 bits per heavy atom. The van der Waals surface area contributed by atoms with E-state index in [9.17, 15) is 0 Å². The number of ether oxygens (including phenoxy) is 1. The normalized spacial score (nSPS) is 10.4. The zero-order valence-electron chi connectivity index (χ0n) is 15.2. The highest BCUT2D eigenvalue weighted by molar-refractivity contribution is 7.80. The molecule has 3 aromatic rings. The van der Waals surface area contributed by atoms with Gasteiger partial charge in [0.05, 0.1) is 23.7 Å². The Labute approximate surface area is 159 Å². The van der Waals surface area contributed by atoms with Gasteiger partial charge in [0.25, 0.3) is 0 Å². The summed E-state index contributed by atoms with van der Waals surface area (Å²) >= 11 is 5.54. The first-order valence-electron chi connectivity index (χ1n) is 8.63. The smallest absolute Gasteiger partial charge is 0.175 e. The van der Waals surface area contributed by atoms with Crippen LogP contribution in [0.2, 0.25) is 0 Å². The highest BCUT2D eigenvalue weighted by Gasteiger charge is 2.12. The first-order chi connectivity index (χ1) is 12.6. The number of nitrogens with zero attached hydrogens (tertiary/aromatic N) is 1. The van der Waals surface area contributed by atoms with Crippen molar-refractivity contribution in [2.24, 2.45) is 0 Å². The molecule has 0 saturated carbocycles. The molecule has 0 aliphatic carbocycles. The molecule has 0 aliphatic rings. The second kappa shape index (κ2) is 8.06. The molecular weight excluding hydrogens is 342 g/mol. The van der Waals surface area contributed by atoms with Gasteiger partial charge in [0.2, 0.25) is 0 Å². The van der Waals surface area contributed by atoms with Gasteiger partial charge >= 0.3 is 0 Å². The van der Waals surface area contributed by atoms with Crippen LogP contribution in [0, 0.1) is 13.8 Å². The van der Waals surface area contributed by atoms with Crippen molar-refractivity contribution in [1.29, 1.82) is 0 Å². The first kappa shape index (κ1) is 18.0. The van der Waals surface area contributed by atoms with Crippen molar-refractivity contribution in [3.8, 4) is 11.4 Å². The fourth-order valence-electron chi connectivity index (χ4n) is 2.85. The van der Waals surface area contributed by atoms with Crippen molar-refractivity contribution < 1.29 is 4.74 Å². The molecular formula is C21H23N3OS. The summed E-state index contributed by atoms with van der Waals surface area (Å²) in [6.45, 7) is 6.80. The van der Waals surface area contributed by atoms with Gasteiger partial charge in [0, 0.05) is 12.4 Å². The van der Waals surface area contributed by atoms with Crippen LogP contribution in [0.5, 0.6) is 5.75 Å². The van der Waals surface area contributed by atoms with E-state index in [1.807, 2.05) is 55.7 Å². The third kappa shape index (κ3) is 3.89. The van der Waals surface area contributed by atoms with Crippen LogP contribution < -0.4 is 15.4 Å². The highest BCUT2D eigenvalue weighted by atomic mass is 32.1. The number of hydrogen-bond donors (Lipinski definition) is 2. The van der Waals surface area contributed by atoms with Gasteiger partial charge in [-0.1, -0.05) is 18.2 Å². The predicted molar refractivity (Wildman–Crippen MR) is 113 cm³/mol. The summed E-state index contributed by atoms with van der Waals surface area (Å²) in [6, 6.07) is 16.0.